The van der Waals surface area contributed by atoms with Gasteiger partial charge in [-0.05, 0) is 48.6 Å². The normalized spacial score (nSPS) is 15.5. The van der Waals surface area contributed by atoms with Crippen molar-refractivity contribution in [2.45, 2.75) is 18.8 Å². The maximum Gasteiger partial charge on any atom is 0.289 e. The summed E-state index contributed by atoms with van der Waals surface area (Å²) in [6, 6.07) is 9.42. The van der Waals surface area contributed by atoms with Gasteiger partial charge in [0.1, 0.15) is 0 Å². The molecule has 0 bridgehead atoms. The molecule has 1 saturated heterocycles. The van der Waals surface area contributed by atoms with Crippen LogP contribution in [0.1, 0.15) is 35.1 Å². The largest absolute Gasteiger partial charge is 0.459 e. The van der Waals surface area contributed by atoms with Crippen LogP contribution in [0, 0.1) is 0 Å². The highest BCUT2D eigenvalue weighted by atomic mass is 32.1. The highest BCUT2D eigenvalue weighted by molar-refractivity contribution is 7.08. The molecule has 5 rings (SSSR count). The molecule has 136 valence electrons. The Morgan fingerprint density at radius 3 is 2.78 bits per heavy atom. The molecule has 0 spiro atoms. The van der Waals surface area contributed by atoms with Crippen LogP contribution in [-0.4, -0.2) is 43.7 Å². The van der Waals surface area contributed by atoms with Gasteiger partial charge in [0.15, 0.2) is 17.2 Å². The summed E-state index contributed by atoms with van der Waals surface area (Å²) in [7, 11) is 0. The molecule has 1 amide bonds. The van der Waals surface area contributed by atoms with Crippen molar-refractivity contribution in [3.05, 3.63) is 58.9 Å². The van der Waals surface area contributed by atoms with E-state index in [0.29, 0.717) is 18.8 Å². The van der Waals surface area contributed by atoms with Crippen LogP contribution < -0.4 is 0 Å². The van der Waals surface area contributed by atoms with E-state index in [2.05, 4.69) is 21.6 Å². The summed E-state index contributed by atoms with van der Waals surface area (Å²) in [5, 5.41) is 17.5. The number of thiophene rings is 1. The first-order valence-corrected chi connectivity index (χ1v) is 9.81. The Morgan fingerprint density at radius 2 is 2.04 bits per heavy atom. The second-order valence-corrected chi connectivity index (χ2v) is 7.38. The predicted octanol–water partition coefficient (Wildman–Crippen LogP) is 3.47. The van der Waals surface area contributed by atoms with Crippen LogP contribution >= 0.6 is 11.3 Å². The number of aromatic nitrogens is 4. The molecule has 0 atom stereocenters. The van der Waals surface area contributed by atoms with Gasteiger partial charge in [-0.1, -0.05) is 0 Å². The summed E-state index contributed by atoms with van der Waals surface area (Å²) >= 11 is 1.65. The van der Waals surface area contributed by atoms with Crippen molar-refractivity contribution in [1.82, 2.24) is 24.7 Å². The number of rotatable bonds is 3. The molecule has 8 heteroatoms. The fraction of sp³-hybridized carbons (Fsp3) is 0.263. The lowest BCUT2D eigenvalue weighted by Crippen LogP contribution is -2.38. The van der Waals surface area contributed by atoms with E-state index in [1.54, 1.807) is 23.5 Å². The first kappa shape index (κ1) is 16.2. The zero-order valence-corrected chi connectivity index (χ0v) is 15.3. The average molecular weight is 379 g/mol. The predicted molar refractivity (Wildman–Crippen MR) is 101 cm³/mol. The molecule has 1 fully saturated rings. The van der Waals surface area contributed by atoms with Gasteiger partial charge in [-0.2, -0.15) is 21.0 Å². The Kier molecular flexibility index (Phi) is 3.97. The number of amides is 1. The van der Waals surface area contributed by atoms with Crippen molar-refractivity contribution < 1.29 is 9.21 Å². The van der Waals surface area contributed by atoms with E-state index >= 15 is 0 Å². The molecule has 4 aromatic heterocycles. The van der Waals surface area contributed by atoms with Gasteiger partial charge in [0.2, 0.25) is 0 Å². The quantitative estimate of drug-likeness (QED) is 0.545. The van der Waals surface area contributed by atoms with Crippen molar-refractivity contribution in [3.8, 4) is 11.3 Å². The number of furan rings is 1. The van der Waals surface area contributed by atoms with Crippen molar-refractivity contribution in [2.24, 2.45) is 0 Å². The van der Waals surface area contributed by atoms with Gasteiger partial charge in [0.05, 0.1) is 12.0 Å². The van der Waals surface area contributed by atoms with Crippen LogP contribution in [0.25, 0.3) is 16.9 Å². The molecule has 5 heterocycles. The molecule has 0 unspecified atom stereocenters. The molecule has 0 aliphatic carbocycles. The van der Waals surface area contributed by atoms with Gasteiger partial charge in [0, 0.05) is 30.0 Å². The Bertz CT molecular complexity index is 1060. The average Bonchev–Trinajstić information content (AvgIpc) is 3.48. The van der Waals surface area contributed by atoms with Crippen molar-refractivity contribution in [3.63, 3.8) is 0 Å². The number of piperidine rings is 1. The topological polar surface area (TPSA) is 76.5 Å². The second-order valence-electron chi connectivity index (χ2n) is 6.60. The number of fused-ring (bicyclic) bond motifs is 1. The number of carbonyl (C=O) groups is 1. The number of carbonyl (C=O) groups excluding carboxylic acids is 1. The van der Waals surface area contributed by atoms with Crippen LogP contribution in [0.2, 0.25) is 0 Å². The molecule has 0 aromatic carbocycles. The lowest BCUT2D eigenvalue weighted by atomic mass is 9.96. The maximum atomic E-state index is 12.4. The lowest BCUT2D eigenvalue weighted by molar-refractivity contribution is 0.0678. The Hall–Kier alpha value is -3.00. The summed E-state index contributed by atoms with van der Waals surface area (Å²) in [5.41, 5.74) is 2.76. The molecule has 0 radical (unpaired) electrons. The van der Waals surface area contributed by atoms with Crippen molar-refractivity contribution >= 4 is 22.9 Å². The van der Waals surface area contributed by atoms with Crippen LogP contribution in [-0.2, 0) is 0 Å². The Labute approximate surface area is 159 Å². The van der Waals surface area contributed by atoms with E-state index < -0.39 is 0 Å². The zero-order valence-electron chi connectivity index (χ0n) is 14.5. The van der Waals surface area contributed by atoms with Crippen LogP contribution in [0.15, 0.2) is 51.8 Å². The Morgan fingerprint density at radius 1 is 1.15 bits per heavy atom. The van der Waals surface area contributed by atoms with E-state index in [-0.39, 0.29) is 11.8 Å². The number of hydrogen-bond donors (Lipinski definition) is 0. The summed E-state index contributed by atoms with van der Waals surface area (Å²) in [6.07, 6.45) is 3.19. The number of nitrogens with zero attached hydrogens (tertiary/aromatic N) is 5. The van der Waals surface area contributed by atoms with E-state index in [0.717, 1.165) is 35.6 Å². The molecule has 27 heavy (non-hydrogen) atoms. The fourth-order valence-electron chi connectivity index (χ4n) is 3.52. The summed E-state index contributed by atoms with van der Waals surface area (Å²) < 4.78 is 7.08. The van der Waals surface area contributed by atoms with Crippen LogP contribution in [0.3, 0.4) is 0 Å². The molecule has 7 nitrogen and oxygen atoms in total. The van der Waals surface area contributed by atoms with E-state index in [1.807, 2.05) is 26.9 Å². The maximum absolute atomic E-state index is 12.4. The molecule has 0 N–H and O–H groups in total. The molecule has 4 aromatic rings. The van der Waals surface area contributed by atoms with E-state index in [4.69, 9.17) is 9.52 Å². The molecule has 1 aliphatic rings. The van der Waals surface area contributed by atoms with Gasteiger partial charge in [-0.3, -0.25) is 4.79 Å². The van der Waals surface area contributed by atoms with Gasteiger partial charge in [0.25, 0.3) is 5.91 Å². The molecule has 1 aliphatic heterocycles. The third kappa shape index (κ3) is 2.91. The highest BCUT2D eigenvalue weighted by Gasteiger charge is 2.28. The third-order valence-electron chi connectivity index (χ3n) is 4.98. The monoisotopic (exact) mass is 379 g/mol. The summed E-state index contributed by atoms with van der Waals surface area (Å²) in [4.78, 5) is 14.3. The Balaban J connectivity index is 1.37. The van der Waals surface area contributed by atoms with Crippen LogP contribution in [0.4, 0.5) is 0 Å². The number of hydrogen-bond acceptors (Lipinski definition) is 6. The molecular formula is C19H17N5O2S. The van der Waals surface area contributed by atoms with Gasteiger partial charge in [-0.25, -0.2) is 0 Å². The van der Waals surface area contributed by atoms with E-state index in [1.165, 1.54) is 6.26 Å². The number of likely N-dealkylation sites (tertiary alicyclic amines) is 1. The first-order chi connectivity index (χ1) is 13.3. The third-order valence-corrected chi connectivity index (χ3v) is 5.67. The second kappa shape index (κ2) is 6.62. The van der Waals surface area contributed by atoms with Gasteiger partial charge >= 0.3 is 0 Å². The minimum absolute atomic E-state index is 0.0533. The zero-order chi connectivity index (χ0) is 18.2. The first-order valence-electron chi connectivity index (χ1n) is 8.87. The SMILES string of the molecule is O=C(c1ccco1)N1CCC(c2nnc3ccc(-c4ccsc4)nn23)CC1. The standard InChI is InChI=1S/C19H17N5O2S/c25-19(16-2-1-10-26-16)23-8-5-13(6-9-23)18-21-20-17-4-3-15(22-24(17)18)14-7-11-27-12-14/h1-4,7,10-13H,5-6,8-9H2. The summed E-state index contributed by atoms with van der Waals surface area (Å²) in [6.45, 7) is 1.34. The smallest absolute Gasteiger partial charge is 0.289 e. The lowest BCUT2D eigenvalue weighted by Gasteiger charge is -2.30. The fourth-order valence-corrected chi connectivity index (χ4v) is 4.17. The van der Waals surface area contributed by atoms with Gasteiger partial charge in [-0.15, -0.1) is 10.2 Å². The van der Waals surface area contributed by atoms with Crippen LogP contribution in [0.5, 0.6) is 0 Å². The molecule has 0 saturated carbocycles. The highest BCUT2D eigenvalue weighted by Crippen LogP contribution is 2.28. The minimum Gasteiger partial charge on any atom is -0.459 e. The van der Waals surface area contributed by atoms with E-state index in [9.17, 15) is 4.79 Å². The minimum atomic E-state index is -0.0533. The van der Waals surface area contributed by atoms with Gasteiger partial charge < -0.3 is 9.32 Å². The molecular weight excluding hydrogens is 362 g/mol. The van der Waals surface area contributed by atoms with Crippen molar-refractivity contribution in [2.75, 3.05) is 13.1 Å². The summed E-state index contributed by atoms with van der Waals surface area (Å²) in [5.74, 6) is 1.43. The van der Waals surface area contributed by atoms with Crippen molar-refractivity contribution in [1.29, 1.82) is 0 Å².